The number of aromatic nitrogens is 2. The molecule has 0 aliphatic carbocycles. The predicted octanol–water partition coefficient (Wildman–Crippen LogP) is 7.93. The molecule has 0 N–H and O–H groups in total. The second-order valence-electron chi connectivity index (χ2n) is 10.1. The fourth-order valence-electron chi connectivity index (χ4n) is 5.23. The van der Waals surface area contributed by atoms with Gasteiger partial charge in [-0.25, -0.2) is 9.97 Å². The Morgan fingerprint density at radius 3 is 1.93 bits per heavy atom. The van der Waals surface area contributed by atoms with Crippen LogP contribution >= 0.6 is 0 Å². The number of hydrogen-bond acceptors (Lipinski definition) is 5. The van der Waals surface area contributed by atoms with Crippen LogP contribution in [-0.2, 0) is 0 Å². The first-order valence-electron chi connectivity index (χ1n) is 13.6. The van der Waals surface area contributed by atoms with Crippen molar-refractivity contribution in [2.45, 2.75) is 6.17 Å². The zero-order chi connectivity index (χ0) is 27.8. The highest BCUT2D eigenvalue weighted by Crippen LogP contribution is 2.36. The lowest BCUT2D eigenvalue weighted by Gasteiger charge is -2.35. The van der Waals surface area contributed by atoms with Crippen LogP contribution in [0.4, 0.5) is 0 Å². The minimum atomic E-state index is -0.0940. The second-order valence-corrected chi connectivity index (χ2v) is 10.1. The standard InChI is InChI=1S/C36H28N4O/c1-25-31-15-9-10-16-34(31)41-40-24-30(21-22-35(40)39(25)2)26-17-19-29(20-18-26)36-37-32(27-11-5-3-6-12-27)23-33(38-36)28-13-7-4-8-14-28/h3-24,35H,1H2,2H3. The van der Waals surface area contributed by atoms with Crippen molar-refractivity contribution < 1.29 is 4.84 Å². The van der Waals surface area contributed by atoms with Crippen molar-refractivity contribution in [3.05, 3.63) is 151 Å². The van der Waals surface area contributed by atoms with Crippen LogP contribution in [-0.4, -0.2) is 33.1 Å². The second kappa shape index (κ2) is 10.3. The van der Waals surface area contributed by atoms with Gasteiger partial charge in [-0.1, -0.05) is 110 Å². The molecular formula is C36H28N4O. The smallest absolute Gasteiger partial charge is 0.164 e. The molecular weight excluding hydrogens is 504 g/mol. The van der Waals surface area contributed by atoms with E-state index in [0.29, 0.717) is 5.82 Å². The number of hydroxylamine groups is 2. The van der Waals surface area contributed by atoms with Crippen LogP contribution in [0, 0.1) is 0 Å². The lowest BCUT2D eigenvalue weighted by atomic mass is 10.0. The summed E-state index contributed by atoms with van der Waals surface area (Å²) >= 11 is 0. The summed E-state index contributed by atoms with van der Waals surface area (Å²) in [4.78, 5) is 18.4. The van der Waals surface area contributed by atoms with Crippen LogP contribution in [0.1, 0.15) is 11.1 Å². The van der Waals surface area contributed by atoms with Gasteiger partial charge in [0.2, 0.25) is 0 Å². The van der Waals surface area contributed by atoms with E-state index < -0.39 is 0 Å². The molecule has 41 heavy (non-hydrogen) atoms. The molecule has 5 aromatic rings. The maximum absolute atomic E-state index is 6.34. The molecule has 2 aliphatic rings. The number of fused-ring (bicyclic) bond motifs is 2. The topological polar surface area (TPSA) is 41.5 Å². The molecule has 198 valence electrons. The van der Waals surface area contributed by atoms with Gasteiger partial charge in [0.05, 0.1) is 11.4 Å². The van der Waals surface area contributed by atoms with Crippen molar-refractivity contribution in [3.8, 4) is 39.7 Å². The van der Waals surface area contributed by atoms with Crippen LogP contribution in [0.2, 0.25) is 0 Å². The van der Waals surface area contributed by atoms with Gasteiger partial charge in [-0.05, 0) is 29.8 Å². The normalized spacial score (nSPS) is 15.9. The summed E-state index contributed by atoms with van der Waals surface area (Å²) in [5.41, 5.74) is 8.91. The highest BCUT2D eigenvalue weighted by Gasteiger charge is 2.30. The first kappa shape index (κ1) is 24.6. The lowest BCUT2D eigenvalue weighted by Crippen LogP contribution is -2.42. The third-order valence-electron chi connectivity index (χ3n) is 7.54. The Kier molecular flexibility index (Phi) is 6.17. The van der Waals surface area contributed by atoms with Crippen molar-refractivity contribution in [3.63, 3.8) is 0 Å². The molecule has 0 amide bonds. The van der Waals surface area contributed by atoms with Crippen molar-refractivity contribution in [1.29, 1.82) is 0 Å². The van der Waals surface area contributed by atoms with Crippen LogP contribution < -0.4 is 4.84 Å². The highest BCUT2D eigenvalue weighted by atomic mass is 16.7. The SMILES string of the molecule is C=C1c2ccccc2ON2C=C(c3ccc(-c4nc(-c5ccccc5)cc(-c5ccccc5)n4)cc3)C=CC2N1C. The van der Waals surface area contributed by atoms with Crippen LogP contribution in [0.25, 0.3) is 45.2 Å². The number of nitrogens with zero attached hydrogens (tertiary/aromatic N) is 4. The van der Waals surface area contributed by atoms with Crippen molar-refractivity contribution in [1.82, 2.24) is 19.9 Å². The summed E-state index contributed by atoms with van der Waals surface area (Å²) in [7, 11) is 2.04. The Labute approximate surface area is 240 Å². The van der Waals surface area contributed by atoms with Gasteiger partial charge in [-0.15, -0.1) is 0 Å². The number of benzene rings is 4. The largest absolute Gasteiger partial charge is 0.377 e. The third kappa shape index (κ3) is 4.68. The Hall–Kier alpha value is -5.42. The van der Waals surface area contributed by atoms with Gasteiger partial charge >= 0.3 is 0 Å². The highest BCUT2D eigenvalue weighted by molar-refractivity contribution is 5.78. The average Bonchev–Trinajstić information content (AvgIpc) is 3.15. The van der Waals surface area contributed by atoms with Crippen LogP contribution in [0.15, 0.2) is 140 Å². The van der Waals surface area contributed by atoms with Gasteiger partial charge in [-0.2, -0.15) is 5.06 Å². The fraction of sp³-hybridized carbons (Fsp3) is 0.0556. The summed E-state index contributed by atoms with van der Waals surface area (Å²) in [6.45, 7) is 4.31. The zero-order valence-corrected chi connectivity index (χ0v) is 22.7. The molecule has 4 aromatic carbocycles. The van der Waals surface area contributed by atoms with Gasteiger partial charge in [-0.3, -0.25) is 0 Å². The predicted molar refractivity (Wildman–Crippen MR) is 165 cm³/mol. The number of para-hydroxylation sites is 1. The first-order valence-corrected chi connectivity index (χ1v) is 13.6. The van der Waals surface area contributed by atoms with Crippen LogP contribution in [0.3, 0.4) is 0 Å². The number of likely N-dealkylation sites (N-methyl/N-ethyl adjacent to an activating group) is 1. The number of rotatable bonds is 4. The lowest BCUT2D eigenvalue weighted by molar-refractivity contribution is -0.0612. The van der Waals surface area contributed by atoms with E-state index in [0.717, 1.165) is 56.2 Å². The van der Waals surface area contributed by atoms with Crippen LogP contribution in [0.5, 0.6) is 5.75 Å². The quantitative estimate of drug-likeness (QED) is 0.235. The zero-order valence-electron chi connectivity index (χ0n) is 22.7. The van der Waals surface area contributed by atoms with Crippen molar-refractivity contribution in [2.75, 3.05) is 7.05 Å². The molecule has 5 heteroatoms. The Bertz CT molecular complexity index is 1740. The maximum atomic E-state index is 6.34. The Balaban J connectivity index is 1.22. The van der Waals surface area contributed by atoms with E-state index in [4.69, 9.17) is 14.8 Å². The van der Waals surface area contributed by atoms with Crippen molar-refractivity contribution >= 4 is 11.3 Å². The molecule has 0 saturated carbocycles. The molecule has 2 aliphatic heterocycles. The molecule has 0 saturated heterocycles. The summed E-state index contributed by atoms with van der Waals surface area (Å²) in [6.07, 6.45) is 6.23. The Morgan fingerprint density at radius 1 is 0.683 bits per heavy atom. The van der Waals surface area contributed by atoms with E-state index in [1.54, 1.807) is 0 Å². The molecule has 3 heterocycles. The summed E-state index contributed by atoms with van der Waals surface area (Å²) < 4.78 is 0. The first-order chi connectivity index (χ1) is 20.1. The molecule has 7 rings (SSSR count). The van der Waals surface area contributed by atoms with Gasteiger partial charge in [0.25, 0.3) is 0 Å². The number of allylic oxidation sites excluding steroid dienone is 2. The van der Waals surface area contributed by atoms with E-state index in [9.17, 15) is 0 Å². The summed E-state index contributed by atoms with van der Waals surface area (Å²) in [6, 6.07) is 38.9. The molecule has 0 fully saturated rings. The van der Waals surface area contributed by atoms with E-state index in [-0.39, 0.29) is 6.17 Å². The maximum Gasteiger partial charge on any atom is 0.164 e. The van der Waals surface area contributed by atoms with Crippen molar-refractivity contribution in [2.24, 2.45) is 0 Å². The fourth-order valence-corrected chi connectivity index (χ4v) is 5.23. The van der Waals surface area contributed by atoms with Gasteiger partial charge < -0.3 is 9.74 Å². The van der Waals surface area contributed by atoms with Gasteiger partial charge in [0.1, 0.15) is 0 Å². The monoisotopic (exact) mass is 532 g/mol. The summed E-state index contributed by atoms with van der Waals surface area (Å²) in [5.74, 6) is 1.48. The van der Waals surface area contributed by atoms with E-state index in [1.807, 2.05) is 79.0 Å². The molecule has 5 nitrogen and oxygen atoms in total. The van der Waals surface area contributed by atoms with Gasteiger partial charge in [0, 0.05) is 46.8 Å². The minimum Gasteiger partial charge on any atom is -0.377 e. The molecule has 1 unspecified atom stereocenters. The number of hydrogen-bond donors (Lipinski definition) is 0. The van der Waals surface area contributed by atoms with Gasteiger partial charge in [0.15, 0.2) is 17.7 Å². The average molecular weight is 533 g/mol. The molecule has 1 atom stereocenters. The van der Waals surface area contributed by atoms with E-state index in [2.05, 4.69) is 78.2 Å². The Morgan fingerprint density at radius 2 is 1.27 bits per heavy atom. The molecule has 1 aromatic heterocycles. The molecule has 0 bridgehead atoms. The van der Waals surface area contributed by atoms with E-state index in [1.165, 1.54) is 0 Å². The molecule has 0 radical (unpaired) electrons. The summed E-state index contributed by atoms with van der Waals surface area (Å²) in [5, 5.41) is 1.89. The van der Waals surface area contributed by atoms with E-state index >= 15 is 0 Å². The third-order valence-corrected chi connectivity index (χ3v) is 7.54. The minimum absolute atomic E-state index is 0.0940. The molecule has 0 spiro atoms.